The van der Waals surface area contributed by atoms with E-state index in [1.165, 1.54) is 12.8 Å². The number of hydrogen-bond donors (Lipinski definition) is 1. The minimum absolute atomic E-state index is 0.0701. The quantitative estimate of drug-likeness (QED) is 0.671. The summed E-state index contributed by atoms with van der Waals surface area (Å²) in [4.78, 5) is 0. The van der Waals surface area contributed by atoms with E-state index in [2.05, 4.69) is 46.9 Å². The Morgan fingerprint density at radius 2 is 1.80 bits per heavy atom. The van der Waals surface area contributed by atoms with Crippen molar-refractivity contribution in [3.8, 4) is 0 Å². The molecule has 2 atom stereocenters. The van der Waals surface area contributed by atoms with Crippen LogP contribution in [0.25, 0.3) is 0 Å². The third kappa shape index (κ3) is 4.98. The largest absolute Gasteiger partial charge is 0.374 e. The highest BCUT2D eigenvalue weighted by Crippen LogP contribution is 2.23. The predicted octanol–water partition coefficient (Wildman–Crippen LogP) is 3.22. The molecule has 0 bridgehead atoms. The van der Waals surface area contributed by atoms with Crippen LogP contribution in [0, 0.1) is 5.92 Å². The first-order valence-electron chi connectivity index (χ1n) is 6.36. The molecule has 0 radical (unpaired) electrons. The van der Waals surface area contributed by atoms with Crippen molar-refractivity contribution in [3.05, 3.63) is 0 Å². The van der Waals surface area contributed by atoms with Crippen LogP contribution < -0.4 is 5.32 Å². The Balaban J connectivity index is 4.44. The van der Waals surface area contributed by atoms with Gasteiger partial charge in [0.2, 0.25) is 0 Å². The van der Waals surface area contributed by atoms with Gasteiger partial charge in [-0.3, -0.25) is 0 Å². The average Bonchev–Trinajstić information content (AvgIpc) is 2.17. The lowest BCUT2D eigenvalue weighted by Crippen LogP contribution is -2.52. The summed E-state index contributed by atoms with van der Waals surface area (Å²) in [5.41, 5.74) is -0.0701. The van der Waals surface area contributed by atoms with Crippen LogP contribution in [0.4, 0.5) is 0 Å². The molecule has 2 unspecified atom stereocenters. The molecule has 0 aliphatic carbocycles. The molecule has 0 fully saturated rings. The summed E-state index contributed by atoms with van der Waals surface area (Å²) in [6.07, 6.45) is 2.37. The summed E-state index contributed by atoms with van der Waals surface area (Å²) < 4.78 is 5.85. The first kappa shape index (κ1) is 14.9. The SMILES string of the molecule is CCCNC(C(C)CC)C(C)(C)OCC. The van der Waals surface area contributed by atoms with Gasteiger partial charge in [-0.15, -0.1) is 0 Å². The van der Waals surface area contributed by atoms with Gasteiger partial charge in [0.15, 0.2) is 0 Å². The highest BCUT2D eigenvalue weighted by atomic mass is 16.5. The summed E-state index contributed by atoms with van der Waals surface area (Å²) >= 11 is 0. The maximum atomic E-state index is 5.85. The van der Waals surface area contributed by atoms with Crippen LogP contribution in [-0.2, 0) is 4.74 Å². The van der Waals surface area contributed by atoms with E-state index < -0.39 is 0 Å². The predicted molar refractivity (Wildman–Crippen MR) is 67.2 cm³/mol. The van der Waals surface area contributed by atoms with Crippen molar-refractivity contribution in [2.45, 2.75) is 66.0 Å². The van der Waals surface area contributed by atoms with Crippen LogP contribution in [0.1, 0.15) is 54.4 Å². The summed E-state index contributed by atoms with van der Waals surface area (Å²) in [5, 5.41) is 3.62. The van der Waals surface area contributed by atoms with Crippen molar-refractivity contribution in [2.24, 2.45) is 5.92 Å². The third-order valence-electron chi connectivity index (χ3n) is 3.09. The van der Waals surface area contributed by atoms with E-state index in [4.69, 9.17) is 4.74 Å². The Hall–Kier alpha value is -0.0800. The molecule has 0 saturated carbocycles. The first-order valence-corrected chi connectivity index (χ1v) is 6.36. The van der Waals surface area contributed by atoms with Gasteiger partial charge in [-0.05, 0) is 39.7 Å². The maximum Gasteiger partial charge on any atom is 0.0781 e. The summed E-state index contributed by atoms with van der Waals surface area (Å²) in [6.45, 7) is 15.1. The second-order valence-electron chi connectivity index (χ2n) is 4.85. The number of rotatable bonds is 8. The monoisotopic (exact) mass is 215 g/mol. The van der Waals surface area contributed by atoms with Crippen LogP contribution in [-0.4, -0.2) is 24.8 Å². The topological polar surface area (TPSA) is 21.3 Å². The normalized spacial score (nSPS) is 16.4. The molecule has 0 rings (SSSR count). The number of nitrogens with one attached hydrogen (secondary N) is 1. The van der Waals surface area contributed by atoms with Gasteiger partial charge in [-0.25, -0.2) is 0 Å². The number of hydrogen-bond acceptors (Lipinski definition) is 2. The molecule has 0 amide bonds. The second-order valence-corrected chi connectivity index (χ2v) is 4.85. The van der Waals surface area contributed by atoms with Crippen LogP contribution in [0.5, 0.6) is 0 Å². The highest BCUT2D eigenvalue weighted by molar-refractivity contribution is 4.88. The van der Waals surface area contributed by atoms with Crippen molar-refractivity contribution in [1.82, 2.24) is 5.32 Å². The van der Waals surface area contributed by atoms with Crippen molar-refractivity contribution in [1.29, 1.82) is 0 Å². The fraction of sp³-hybridized carbons (Fsp3) is 1.00. The standard InChI is InChI=1S/C13H29NO/c1-7-10-14-12(11(4)8-2)13(5,6)15-9-3/h11-12,14H,7-10H2,1-6H3. The van der Waals surface area contributed by atoms with Crippen molar-refractivity contribution in [2.75, 3.05) is 13.2 Å². The van der Waals surface area contributed by atoms with E-state index in [0.717, 1.165) is 13.2 Å². The van der Waals surface area contributed by atoms with Gasteiger partial charge in [-0.2, -0.15) is 0 Å². The first-order chi connectivity index (χ1) is 6.99. The van der Waals surface area contributed by atoms with Gasteiger partial charge in [-0.1, -0.05) is 27.2 Å². The minimum Gasteiger partial charge on any atom is -0.374 e. The molecule has 0 aliphatic rings. The van der Waals surface area contributed by atoms with E-state index in [0.29, 0.717) is 12.0 Å². The molecule has 0 aromatic heterocycles. The average molecular weight is 215 g/mol. The van der Waals surface area contributed by atoms with E-state index in [1.54, 1.807) is 0 Å². The fourth-order valence-corrected chi connectivity index (χ4v) is 2.13. The zero-order valence-corrected chi connectivity index (χ0v) is 11.4. The Morgan fingerprint density at radius 1 is 1.20 bits per heavy atom. The molecule has 0 saturated heterocycles. The number of ether oxygens (including phenoxy) is 1. The summed E-state index contributed by atoms with van der Waals surface area (Å²) in [5.74, 6) is 0.651. The van der Waals surface area contributed by atoms with E-state index >= 15 is 0 Å². The summed E-state index contributed by atoms with van der Waals surface area (Å²) in [7, 11) is 0. The Morgan fingerprint density at radius 3 is 2.20 bits per heavy atom. The molecule has 92 valence electrons. The summed E-state index contributed by atoms with van der Waals surface area (Å²) in [6, 6.07) is 0.447. The van der Waals surface area contributed by atoms with Gasteiger partial charge in [0.05, 0.1) is 5.60 Å². The molecular weight excluding hydrogens is 186 g/mol. The Kier molecular flexibility index (Phi) is 7.20. The molecule has 0 aromatic rings. The molecule has 2 heteroatoms. The van der Waals surface area contributed by atoms with Crippen LogP contribution >= 0.6 is 0 Å². The Bertz CT molecular complexity index is 157. The molecular formula is C13H29NO. The fourth-order valence-electron chi connectivity index (χ4n) is 2.13. The van der Waals surface area contributed by atoms with Gasteiger partial charge in [0.1, 0.15) is 0 Å². The zero-order chi connectivity index (χ0) is 11.9. The maximum absolute atomic E-state index is 5.85. The zero-order valence-electron chi connectivity index (χ0n) is 11.4. The Labute approximate surface area is 95.8 Å². The lowest BCUT2D eigenvalue weighted by Gasteiger charge is -2.38. The molecule has 0 spiro atoms. The van der Waals surface area contributed by atoms with Gasteiger partial charge in [0, 0.05) is 12.6 Å². The van der Waals surface area contributed by atoms with Crippen LogP contribution in [0.2, 0.25) is 0 Å². The molecule has 1 N–H and O–H groups in total. The van der Waals surface area contributed by atoms with Gasteiger partial charge >= 0.3 is 0 Å². The van der Waals surface area contributed by atoms with Crippen molar-refractivity contribution in [3.63, 3.8) is 0 Å². The second kappa shape index (κ2) is 7.24. The molecule has 2 nitrogen and oxygen atoms in total. The molecule has 0 aromatic carbocycles. The highest BCUT2D eigenvalue weighted by Gasteiger charge is 2.32. The van der Waals surface area contributed by atoms with E-state index in [9.17, 15) is 0 Å². The minimum atomic E-state index is -0.0701. The van der Waals surface area contributed by atoms with Gasteiger partial charge < -0.3 is 10.1 Å². The van der Waals surface area contributed by atoms with Crippen molar-refractivity contribution < 1.29 is 4.74 Å². The van der Waals surface area contributed by atoms with E-state index in [1.807, 2.05) is 0 Å². The smallest absolute Gasteiger partial charge is 0.0781 e. The molecule has 15 heavy (non-hydrogen) atoms. The van der Waals surface area contributed by atoms with Crippen LogP contribution in [0.15, 0.2) is 0 Å². The van der Waals surface area contributed by atoms with Crippen LogP contribution in [0.3, 0.4) is 0 Å². The van der Waals surface area contributed by atoms with Gasteiger partial charge in [0.25, 0.3) is 0 Å². The molecule has 0 aliphatic heterocycles. The third-order valence-corrected chi connectivity index (χ3v) is 3.09. The van der Waals surface area contributed by atoms with Crippen molar-refractivity contribution >= 4 is 0 Å². The lowest BCUT2D eigenvalue weighted by molar-refractivity contribution is -0.0514. The van der Waals surface area contributed by atoms with E-state index in [-0.39, 0.29) is 5.60 Å². The molecule has 0 heterocycles. The lowest BCUT2D eigenvalue weighted by atomic mass is 9.86.